The molecule has 4 atom stereocenters. The monoisotopic (exact) mass is 460 g/mol. The number of benzene rings is 1. The van der Waals surface area contributed by atoms with Gasteiger partial charge in [-0.2, -0.15) is 4.39 Å². The summed E-state index contributed by atoms with van der Waals surface area (Å²) in [7, 11) is 1.39. The van der Waals surface area contributed by atoms with Crippen LogP contribution in [0.3, 0.4) is 0 Å². The highest BCUT2D eigenvalue weighted by atomic mass is 19.2. The van der Waals surface area contributed by atoms with Crippen LogP contribution in [0, 0.1) is 41.2 Å². The van der Waals surface area contributed by atoms with E-state index >= 15 is 0 Å². The third-order valence-electron chi connectivity index (χ3n) is 9.62. The summed E-state index contributed by atoms with van der Waals surface area (Å²) >= 11 is 0. The van der Waals surface area contributed by atoms with Crippen LogP contribution in [0.2, 0.25) is 0 Å². The van der Waals surface area contributed by atoms with Crippen LogP contribution < -0.4 is 4.74 Å². The third-order valence-corrected chi connectivity index (χ3v) is 9.62. The molecule has 0 aromatic heterocycles. The number of fused-ring (bicyclic) bond motifs is 1. The van der Waals surface area contributed by atoms with Gasteiger partial charge in [-0.25, -0.2) is 4.39 Å². The molecule has 0 aliphatic heterocycles. The molecule has 0 bridgehead atoms. The first-order valence-corrected chi connectivity index (χ1v) is 14.1. The van der Waals surface area contributed by atoms with E-state index in [9.17, 15) is 8.78 Å². The zero-order valence-corrected chi connectivity index (χ0v) is 21.1. The molecule has 0 amide bonds. The van der Waals surface area contributed by atoms with E-state index in [0.29, 0.717) is 11.5 Å². The number of rotatable bonds is 9. The largest absolute Gasteiger partial charge is 0.494 e. The van der Waals surface area contributed by atoms with E-state index in [1.807, 2.05) is 0 Å². The first-order chi connectivity index (χ1) is 16.1. The summed E-state index contributed by atoms with van der Waals surface area (Å²) in [6, 6.07) is 3.35. The Morgan fingerprint density at radius 3 is 2.09 bits per heavy atom. The van der Waals surface area contributed by atoms with Crippen molar-refractivity contribution in [2.45, 2.75) is 116 Å². The number of halogens is 2. The maximum Gasteiger partial charge on any atom is 0.200 e. The number of methoxy groups -OCH3 is 1. The summed E-state index contributed by atoms with van der Waals surface area (Å²) in [4.78, 5) is 0. The van der Waals surface area contributed by atoms with Gasteiger partial charge in [0.25, 0.3) is 0 Å². The minimum absolute atomic E-state index is 0.00965. The number of hydrogen-bond donors (Lipinski definition) is 0. The van der Waals surface area contributed by atoms with Gasteiger partial charge >= 0.3 is 0 Å². The molecule has 1 nitrogen and oxygen atoms in total. The van der Waals surface area contributed by atoms with Gasteiger partial charge in [-0.05, 0) is 79.2 Å². The van der Waals surface area contributed by atoms with Crippen LogP contribution in [-0.4, -0.2) is 7.11 Å². The van der Waals surface area contributed by atoms with Gasteiger partial charge in [-0.15, -0.1) is 0 Å². The lowest BCUT2D eigenvalue weighted by Crippen LogP contribution is -2.31. The third kappa shape index (κ3) is 6.31. The Kier molecular flexibility index (Phi) is 9.11. The molecule has 4 unspecified atom stereocenters. The van der Waals surface area contributed by atoms with Crippen LogP contribution in [0.15, 0.2) is 12.1 Å². The van der Waals surface area contributed by atoms with Gasteiger partial charge < -0.3 is 4.74 Å². The predicted octanol–water partition coefficient (Wildman–Crippen LogP) is 9.44. The van der Waals surface area contributed by atoms with Gasteiger partial charge in [-0.1, -0.05) is 83.6 Å². The first kappa shape index (κ1) is 25.0. The maximum atomic E-state index is 14.6. The van der Waals surface area contributed by atoms with Crippen molar-refractivity contribution in [2.75, 3.05) is 7.11 Å². The fourth-order valence-corrected chi connectivity index (χ4v) is 7.51. The van der Waals surface area contributed by atoms with E-state index in [4.69, 9.17) is 4.74 Å². The summed E-state index contributed by atoms with van der Waals surface area (Å²) in [6.45, 7) is 2.30. The van der Waals surface area contributed by atoms with Gasteiger partial charge in [0.15, 0.2) is 11.6 Å². The highest BCUT2D eigenvalue weighted by molar-refractivity contribution is 5.33. The second-order valence-electron chi connectivity index (χ2n) is 11.7. The quantitative estimate of drug-likeness (QED) is 0.333. The van der Waals surface area contributed by atoms with E-state index in [1.165, 1.54) is 97.0 Å². The minimum Gasteiger partial charge on any atom is -0.494 e. The van der Waals surface area contributed by atoms with E-state index < -0.39 is 11.6 Å². The van der Waals surface area contributed by atoms with Crippen LogP contribution in [0.25, 0.3) is 0 Å². The molecule has 0 radical (unpaired) electrons. The molecule has 186 valence electrons. The Labute approximate surface area is 201 Å². The second kappa shape index (κ2) is 12.0. The van der Waals surface area contributed by atoms with E-state index in [2.05, 4.69) is 6.92 Å². The summed E-state index contributed by atoms with van der Waals surface area (Å²) in [5.41, 5.74) is 0.569. The van der Waals surface area contributed by atoms with Gasteiger partial charge in [0.2, 0.25) is 5.82 Å². The molecule has 0 N–H and O–H groups in total. The molecule has 4 rings (SSSR count). The molecule has 3 saturated carbocycles. The van der Waals surface area contributed by atoms with Gasteiger partial charge in [0, 0.05) is 0 Å². The highest BCUT2D eigenvalue weighted by Crippen LogP contribution is 2.49. The molecule has 0 heterocycles. The van der Waals surface area contributed by atoms with Crippen molar-refractivity contribution in [1.82, 2.24) is 0 Å². The van der Waals surface area contributed by atoms with Crippen LogP contribution in [-0.2, 0) is 0 Å². The summed E-state index contributed by atoms with van der Waals surface area (Å²) in [5.74, 6) is 3.06. The maximum absolute atomic E-state index is 14.6. The van der Waals surface area contributed by atoms with Crippen LogP contribution in [0.1, 0.15) is 121 Å². The number of hydrogen-bond acceptors (Lipinski definition) is 1. The average molecular weight is 461 g/mol. The molecule has 3 aliphatic carbocycles. The van der Waals surface area contributed by atoms with Crippen molar-refractivity contribution in [2.24, 2.45) is 29.6 Å². The van der Waals surface area contributed by atoms with E-state index in [1.54, 1.807) is 12.1 Å². The van der Waals surface area contributed by atoms with Crippen molar-refractivity contribution in [3.05, 3.63) is 29.3 Å². The smallest absolute Gasteiger partial charge is 0.200 e. The topological polar surface area (TPSA) is 9.23 Å². The molecule has 1 aromatic carbocycles. The van der Waals surface area contributed by atoms with Crippen molar-refractivity contribution in [3.63, 3.8) is 0 Å². The standard InChI is InChI=1S/C30H46F2O/c1-3-4-5-6-21-7-9-22(10-8-21)11-12-23-13-14-25-20-26(16-15-24(25)19-23)27-17-18-28(33-2)30(32)29(27)31/h17-18,21-26H,3-16,19-20H2,1-2H3. The number of unbranched alkanes of at least 4 members (excludes halogenated alkanes) is 2. The fourth-order valence-electron chi connectivity index (χ4n) is 7.51. The Hall–Kier alpha value is -1.12. The summed E-state index contributed by atoms with van der Waals surface area (Å²) in [5, 5.41) is 0. The Balaban J connectivity index is 1.20. The van der Waals surface area contributed by atoms with E-state index in [-0.39, 0.29) is 11.7 Å². The molecule has 0 saturated heterocycles. The molecule has 3 aliphatic rings. The Morgan fingerprint density at radius 1 is 0.727 bits per heavy atom. The molecule has 3 fully saturated rings. The lowest BCUT2D eigenvalue weighted by molar-refractivity contribution is 0.107. The highest BCUT2D eigenvalue weighted by Gasteiger charge is 2.37. The Bertz CT molecular complexity index is 739. The molecular formula is C30H46F2O. The lowest BCUT2D eigenvalue weighted by Gasteiger charge is -2.43. The van der Waals surface area contributed by atoms with Crippen molar-refractivity contribution in [1.29, 1.82) is 0 Å². The molecule has 3 heteroatoms. The predicted molar refractivity (Wildman–Crippen MR) is 133 cm³/mol. The molecule has 33 heavy (non-hydrogen) atoms. The number of ether oxygens (including phenoxy) is 1. The summed E-state index contributed by atoms with van der Waals surface area (Å²) in [6.07, 6.45) is 21.7. The SMILES string of the molecule is CCCCCC1CCC(CCC2CCC3CC(c4ccc(OC)c(F)c4F)CCC3C2)CC1. The zero-order valence-electron chi connectivity index (χ0n) is 21.1. The van der Waals surface area contributed by atoms with Crippen molar-refractivity contribution < 1.29 is 13.5 Å². The minimum atomic E-state index is -0.823. The van der Waals surface area contributed by atoms with Crippen LogP contribution >= 0.6 is 0 Å². The van der Waals surface area contributed by atoms with Crippen molar-refractivity contribution in [3.8, 4) is 5.75 Å². The lowest BCUT2D eigenvalue weighted by atomic mass is 9.63. The Morgan fingerprint density at radius 2 is 1.36 bits per heavy atom. The van der Waals surface area contributed by atoms with Crippen LogP contribution in [0.5, 0.6) is 5.75 Å². The molecule has 0 spiro atoms. The second-order valence-corrected chi connectivity index (χ2v) is 11.7. The van der Waals surface area contributed by atoms with Crippen molar-refractivity contribution >= 4 is 0 Å². The van der Waals surface area contributed by atoms with Gasteiger partial charge in [0.1, 0.15) is 0 Å². The normalized spacial score (nSPS) is 32.4. The fraction of sp³-hybridized carbons (Fsp3) is 0.800. The van der Waals surface area contributed by atoms with Gasteiger partial charge in [0.05, 0.1) is 7.11 Å². The van der Waals surface area contributed by atoms with Gasteiger partial charge in [-0.3, -0.25) is 0 Å². The molecule has 1 aromatic rings. The van der Waals surface area contributed by atoms with Crippen LogP contribution in [0.4, 0.5) is 8.78 Å². The zero-order chi connectivity index (χ0) is 23.2. The van der Waals surface area contributed by atoms with E-state index in [0.717, 1.165) is 36.5 Å². The average Bonchev–Trinajstić information content (AvgIpc) is 2.85. The first-order valence-electron chi connectivity index (χ1n) is 14.1. The summed E-state index contributed by atoms with van der Waals surface area (Å²) < 4.78 is 33.8. The molecular weight excluding hydrogens is 414 g/mol.